The molecule has 2 aromatic rings. The van der Waals surface area contributed by atoms with E-state index in [0.717, 1.165) is 0 Å². The minimum Gasteiger partial charge on any atom is -0.351 e. The Labute approximate surface area is 121 Å². The quantitative estimate of drug-likeness (QED) is 0.859. The fourth-order valence-electron chi connectivity index (χ4n) is 1.61. The van der Waals surface area contributed by atoms with Crippen LogP contribution in [0.5, 0.6) is 0 Å². The van der Waals surface area contributed by atoms with Crippen molar-refractivity contribution in [2.45, 2.75) is 13.0 Å². The Morgan fingerprint density at radius 1 is 1.40 bits per heavy atom. The maximum Gasteiger partial charge on any atom is 0.256 e. The summed E-state index contributed by atoms with van der Waals surface area (Å²) in [4.78, 5) is 12.0. The van der Waals surface area contributed by atoms with Crippen LogP contribution in [-0.4, -0.2) is 51.2 Å². The van der Waals surface area contributed by atoms with Crippen molar-refractivity contribution >= 4 is 27.4 Å². The van der Waals surface area contributed by atoms with Crippen LogP contribution in [0.15, 0.2) is 18.5 Å². The van der Waals surface area contributed by atoms with Crippen LogP contribution in [0, 0.1) is 0 Å². The largest absolute Gasteiger partial charge is 0.351 e. The van der Waals surface area contributed by atoms with E-state index in [1.165, 1.54) is 10.9 Å². The van der Waals surface area contributed by atoms with Crippen molar-refractivity contribution in [3.63, 3.8) is 0 Å². The van der Waals surface area contributed by atoms with Crippen LogP contribution < -0.4 is 5.32 Å². The molecule has 0 fully saturated rings. The topological polar surface area (TPSA) is 103 Å². The molecule has 0 aliphatic carbocycles. The molecular weight excluding hydrogens is 304 g/mol. The van der Waals surface area contributed by atoms with E-state index in [9.17, 15) is 8.42 Å². The van der Waals surface area contributed by atoms with E-state index in [0.29, 0.717) is 0 Å². The Morgan fingerprint density at radius 2 is 2.15 bits per heavy atom. The second kappa shape index (κ2) is 5.71. The third-order valence-electron chi connectivity index (χ3n) is 2.23. The minimum atomic E-state index is -3.09. The Balaban J connectivity index is 2.21. The molecule has 1 atom stereocenters. The first-order valence-corrected chi connectivity index (χ1v) is 8.13. The summed E-state index contributed by atoms with van der Waals surface area (Å²) in [6.07, 6.45) is 4.41. The fourth-order valence-corrected chi connectivity index (χ4v) is 2.76. The van der Waals surface area contributed by atoms with Crippen molar-refractivity contribution in [3.8, 4) is 5.95 Å². The number of hydrogen-bond acceptors (Lipinski definition) is 7. The highest BCUT2D eigenvalue weighted by molar-refractivity contribution is 7.90. The van der Waals surface area contributed by atoms with Crippen LogP contribution in [0.1, 0.15) is 6.92 Å². The molecule has 0 aliphatic heterocycles. The van der Waals surface area contributed by atoms with Crippen molar-refractivity contribution in [2.75, 3.05) is 17.3 Å². The Bertz CT molecular complexity index is 688. The van der Waals surface area contributed by atoms with Gasteiger partial charge in [-0.15, -0.1) is 0 Å². The average Bonchev–Trinajstić information content (AvgIpc) is 2.78. The average molecular weight is 317 g/mol. The van der Waals surface area contributed by atoms with Crippen molar-refractivity contribution in [2.24, 2.45) is 0 Å². The van der Waals surface area contributed by atoms with Gasteiger partial charge in [-0.3, -0.25) is 0 Å². The first-order valence-electron chi connectivity index (χ1n) is 5.69. The first-order chi connectivity index (χ1) is 9.33. The normalized spacial score (nSPS) is 13.2. The molecule has 0 bridgehead atoms. The van der Waals surface area contributed by atoms with Crippen molar-refractivity contribution in [1.82, 2.24) is 24.7 Å². The van der Waals surface area contributed by atoms with Gasteiger partial charge in [-0.05, 0) is 24.6 Å². The van der Waals surface area contributed by atoms with Gasteiger partial charge < -0.3 is 5.32 Å². The van der Waals surface area contributed by atoms with Gasteiger partial charge in [-0.1, -0.05) is 0 Å². The zero-order chi connectivity index (χ0) is 14.8. The molecule has 108 valence electrons. The molecule has 10 heteroatoms. The molecule has 20 heavy (non-hydrogen) atoms. The highest BCUT2D eigenvalue weighted by Crippen LogP contribution is 2.10. The van der Waals surface area contributed by atoms with E-state index < -0.39 is 9.84 Å². The fraction of sp³-hybridized carbons (Fsp3) is 0.400. The van der Waals surface area contributed by atoms with Crippen LogP contribution in [-0.2, 0) is 9.84 Å². The highest BCUT2D eigenvalue weighted by atomic mass is 35.5. The van der Waals surface area contributed by atoms with Gasteiger partial charge in [-0.25, -0.2) is 13.1 Å². The predicted octanol–water partition coefficient (Wildman–Crippen LogP) is 0.556. The molecule has 1 N–H and O–H groups in total. The lowest BCUT2D eigenvalue weighted by molar-refractivity contribution is 0.597. The van der Waals surface area contributed by atoms with Crippen molar-refractivity contribution in [3.05, 3.63) is 23.7 Å². The van der Waals surface area contributed by atoms with E-state index >= 15 is 0 Å². The van der Waals surface area contributed by atoms with Gasteiger partial charge in [0, 0.05) is 24.7 Å². The van der Waals surface area contributed by atoms with E-state index in [1.807, 2.05) is 0 Å². The van der Waals surface area contributed by atoms with Gasteiger partial charge in [-0.2, -0.15) is 20.1 Å². The Morgan fingerprint density at radius 3 is 2.75 bits per heavy atom. The van der Waals surface area contributed by atoms with Gasteiger partial charge in [0.05, 0.1) is 5.75 Å². The van der Waals surface area contributed by atoms with Crippen LogP contribution in [0.3, 0.4) is 0 Å². The third kappa shape index (κ3) is 4.14. The number of nitrogens with zero attached hydrogens (tertiary/aromatic N) is 5. The van der Waals surface area contributed by atoms with Gasteiger partial charge in [0.25, 0.3) is 5.95 Å². The van der Waals surface area contributed by atoms with Crippen LogP contribution in [0.4, 0.5) is 5.95 Å². The lowest BCUT2D eigenvalue weighted by atomic mass is 10.4. The zero-order valence-corrected chi connectivity index (χ0v) is 12.4. The molecule has 0 aliphatic rings. The van der Waals surface area contributed by atoms with Crippen molar-refractivity contribution < 1.29 is 8.42 Å². The van der Waals surface area contributed by atoms with Crippen LogP contribution in [0.25, 0.3) is 5.95 Å². The maximum absolute atomic E-state index is 11.2. The molecule has 0 radical (unpaired) electrons. The van der Waals surface area contributed by atoms with E-state index in [-0.39, 0.29) is 29.0 Å². The van der Waals surface area contributed by atoms with E-state index in [1.54, 1.807) is 25.4 Å². The van der Waals surface area contributed by atoms with E-state index in [4.69, 9.17) is 11.6 Å². The monoisotopic (exact) mass is 316 g/mol. The summed E-state index contributed by atoms with van der Waals surface area (Å²) in [6, 6.07) is 1.37. The lowest BCUT2D eigenvalue weighted by Gasteiger charge is -2.13. The third-order valence-corrected chi connectivity index (χ3v) is 3.51. The van der Waals surface area contributed by atoms with Crippen LogP contribution in [0.2, 0.25) is 5.28 Å². The number of halogens is 1. The lowest BCUT2D eigenvalue weighted by Crippen LogP contribution is -2.26. The number of aromatic nitrogens is 5. The summed E-state index contributed by atoms with van der Waals surface area (Å²) in [6.45, 7) is 1.71. The zero-order valence-electron chi connectivity index (χ0n) is 10.9. The maximum atomic E-state index is 11.2. The second-order valence-corrected chi connectivity index (χ2v) is 6.84. The molecule has 0 aromatic carbocycles. The highest BCUT2D eigenvalue weighted by Gasteiger charge is 2.13. The number of hydrogen-bond donors (Lipinski definition) is 1. The van der Waals surface area contributed by atoms with Crippen molar-refractivity contribution in [1.29, 1.82) is 0 Å². The summed E-state index contributed by atoms with van der Waals surface area (Å²) < 4.78 is 23.9. The summed E-state index contributed by atoms with van der Waals surface area (Å²) in [5.41, 5.74) is 0. The van der Waals surface area contributed by atoms with E-state index in [2.05, 4.69) is 25.4 Å². The molecule has 2 rings (SSSR count). The molecule has 2 heterocycles. The van der Waals surface area contributed by atoms with Gasteiger partial charge in [0.2, 0.25) is 11.2 Å². The molecule has 0 saturated carbocycles. The SMILES string of the molecule is CC(CS(C)(=O)=O)Nc1nc(Cl)nc(-n2cccn2)n1. The summed E-state index contributed by atoms with van der Waals surface area (Å²) in [5, 5.41) is 6.86. The molecule has 0 saturated heterocycles. The standard InChI is InChI=1S/C10H13ClN6O2S/c1-7(6-20(2,18)19)13-9-14-8(11)15-10(16-9)17-5-3-4-12-17/h3-5,7H,6H2,1-2H3,(H,13,14,15,16). The molecule has 0 amide bonds. The predicted molar refractivity (Wildman–Crippen MR) is 74.8 cm³/mol. The first kappa shape index (κ1) is 14.7. The Kier molecular flexibility index (Phi) is 4.19. The molecule has 0 spiro atoms. The molecule has 8 nitrogen and oxygen atoms in total. The van der Waals surface area contributed by atoms with Gasteiger partial charge in [0.15, 0.2) is 0 Å². The number of nitrogens with one attached hydrogen (secondary N) is 1. The molecular formula is C10H13ClN6O2S. The Hall–Kier alpha value is -1.74. The van der Waals surface area contributed by atoms with Gasteiger partial charge >= 0.3 is 0 Å². The summed E-state index contributed by atoms with van der Waals surface area (Å²) >= 11 is 5.82. The van der Waals surface area contributed by atoms with Crippen LogP contribution >= 0.6 is 11.6 Å². The minimum absolute atomic E-state index is 0.000411. The smallest absolute Gasteiger partial charge is 0.256 e. The number of anilines is 1. The second-order valence-electron chi connectivity index (χ2n) is 4.32. The van der Waals surface area contributed by atoms with Gasteiger partial charge in [0.1, 0.15) is 9.84 Å². The number of sulfone groups is 1. The summed E-state index contributed by atoms with van der Waals surface area (Å²) in [7, 11) is -3.09. The number of rotatable bonds is 5. The summed E-state index contributed by atoms with van der Waals surface area (Å²) in [5.74, 6) is 0.420. The molecule has 1 unspecified atom stereocenters. The molecule has 2 aromatic heterocycles.